The Bertz CT molecular complexity index is 3400. The van der Waals surface area contributed by atoms with Gasteiger partial charge in [0.05, 0.1) is 72.7 Å². The zero-order chi connectivity index (χ0) is 68.9. The number of rotatable bonds is 32. The van der Waals surface area contributed by atoms with Crippen LogP contribution in [0.5, 0.6) is 0 Å². The summed E-state index contributed by atoms with van der Waals surface area (Å²) in [6.07, 6.45) is -5.26. The zero-order valence-corrected chi connectivity index (χ0v) is 54.2. The maximum absolute atomic E-state index is 14.9. The van der Waals surface area contributed by atoms with Gasteiger partial charge in [0.1, 0.15) is 42.4 Å². The molecule has 11 nitrogen and oxygen atoms in total. The molecule has 0 saturated carbocycles. The van der Waals surface area contributed by atoms with Crippen molar-refractivity contribution in [1.82, 2.24) is 0 Å². The lowest BCUT2D eigenvalue weighted by Crippen LogP contribution is -2.36. The molecule has 0 bridgehead atoms. The fourth-order valence-electron chi connectivity index (χ4n) is 9.92. The van der Waals surface area contributed by atoms with Gasteiger partial charge in [-0.25, -0.2) is 13.2 Å². The quantitative estimate of drug-likeness (QED) is 0.0180. The van der Waals surface area contributed by atoms with E-state index in [1.165, 1.54) is 0 Å². The predicted octanol–water partition coefficient (Wildman–Crippen LogP) is 16.7. The molecule has 0 aliphatic heterocycles. The van der Waals surface area contributed by atoms with Gasteiger partial charge in [-0.15, -0.1) is 0 Å². The smallest absolute Gasteiger partial charge is 0.393 e. The molecule has 0 radical (unpaired) electrons. The summed E-state index contributed by atoms with van der Waals surface area (Å²) in [4.78, 5) is 0. The summed E-state index contributed by atoms with van der Waals surface area (Å²) in [6.45, 7) is -0.831. The van der Waals surface area contributed by atoms with Crippen molar-refractivity contribution in [2.75, 3.05) is 52.9 Å². The molecule has 0 aromatic heterocycles. The number of aliphatic hydroxyl groups excluding tert-OH is 2. The highest BCUT2D eigenvalue weighted by molar-refractivity contribution is 7.87. The SMILES string of the molecule is C.F[C@@H](COCc1ccccc1)COC(c1ccccc1)(c1ccccc1)c1ccccc1.O=S(=O)(OC[C@@H](F)COCc1ccccc1)C(F)(F)F.OC[C@@H](F)COCc1ccccc1.O[C@H](COCc1ccccc1)COC(c1ccccc1)(c1ccccc1)c1ccccc1. The van der Waals surface area contributed by atoms with E-state index in [0.717, 1.165) is 55.6 Å². The highest BCUT2D eigenvalue weighted by atomic mass is 32.2. The average Bonchev–Trinajstić information content (AvgIpc) is 0.768. The van der Waals surface area contributed by atoms with E-state index in [2.05, 4.69) is 40.6 Å². The van der Waals surface area contributed by atoms with Crippen LogP contribution in [0.1, 0.15) is 63.1 Å². The lowest BCUT2D eigenvalue weighted by Gasteiger charge is -2.36. The van der Waals surface area contributed by atoms with Gasteiger partial charge in [-0.1, -0.05) is 311 Å². The molecule has 0 fully saturated rings. The van der Waals surface area contributed by atoms with Crippen LogP contribution in [0.25, 0.3) is 0 Å². The molecule has 18 heteroatoms. The van der Waals surface area contributed by atoms with Crippen LogP contribution in [0.2, 0.25) is 0 Å². The van der Waals surface area contributed by atoms with Gasteiger partial charge in [-0.3, -0.25) is 4.18 Å². The molecule has 0 spiro atoms. The third-order valence-electron chi connectivity index (χ3n) is 14.6. The highest BCUT2D eigenvalue weighted by Gasteiger charge is 2.47. The van der Waals surface area contributed by atoms with Crippen molar-refractivity contribution in [2.24, 2.45) is 0 Å². The van der Waals surface area contributed by atoms with E-state index >= 15 is 0 Å². The Morgan fingerprint density at radius 3 is 0.796 bits per heavy atom. The maximum Gasteiger partial charge on any atom is 0.523 e. The van der Waals surface area contributed by atoms with Crippen LogP contribution in [0.3, 0.4) is 0 Å². The van der Waals surface area contributed by atoms with Crippen molar-refractivity contribution in [1.29, 1.82) is 0 Å². The van der Waals surface area contributed by atoms with Gasteiger partial charge in [0.2, 0.25) is 0 Å². The van der Waals surface area contributed by atoms with E-state index in [4.69, 9.17) is 33.5 Å². The molecule has 10 aromatic rings. The Kier molecular flexibility index (Phi) is 33.8. The molecular weight excluding hydrogens is 1280 g/mol. The Morgan fingerprint density at radius 1 is 0.316 bits per heavy atom. The van der Waals surface area contributed by atoms with Crippen LogP contribution in [-0.4, -0.2) is 102 Å². The molecule has 4 atom stereocenters. The Morgan fingerprint density at radius 2 is 0.541 bits per heavy atom. The van der Waals surface area contributed by atoms with Crippen molar-refractivity contribution < 1.29 is 77.6 Å². The summed E-state index contributed by atoms with van der Waals surface area (Å²) < 4.78 is 135. The van der Waals surface area contributed by atoms with Crippen molar-refractivity contribution in [3.05, 3.63) is 359 Å². The van der Waals surface area contributed by atoms with Crippen LogP contribution < -0.4 is 0 Å². The number of aliphatic hydroxyl groups is 2. The molecule has 10 rings (SSSR count). The van der Waals surface area contributed by atoms with Gasteiger partial charge in [0, 0.05) is 0 Å². The largest absolute Gasteiger partial charge is 0.523 e. The molecule has 10 aromatic carbocycles. The second-order valence-electron chi connectivity index (χ2n) is 22.0. The first kappa shape index (κ1) is 78.4. The van der Waals surface area contributed by atoms with Crippen molar-refractivity contribution >= 4 is 10.1 Å². The molecule has 2 N–H and O–H groups in total. The lowest BCUT2D eigenvalue weighted by molar-refractivity contribution is -0.0662. The minimum atomic E-state index is -5.77. The summed E-state index contributed by atoms with van der Waals surface area (Å²) in [5.41, 5.74) is 2.42. The van der Waals surface area contributed by atoms with E-state index in [1.807, 2.05) is 237 Å². The van der Waals surface area contributed by atoms with Gasteiger partial charge >= 0.3 is 15.6 Å². The van der Waals surface area contributed by atoms with E-state index in [1.54, 1.807) is 30.3 Å². The van der Waals surface area contributed by atoms with Crippen LogP contribution in [-0.2, 0) is 80.4 Å². The zero-order valence-electron chi connectivity index (χ0n) is 53.4. The first-order chi connectivity index (χ1) is 47.1. The Hall–Kier alpha value is -8.63. The first-order valence-corrected chi connectivity index (χ1v) is 32.8. The van der Waals surface area contributed by atoms with Gasteiger partial charge in [0.25, 0.3) is 0 Å². The molecule has 98 heavy (non-hydrogen) atoms. The highest BCUT2D eigenvalue weighted by Crippen LogP contribution is 2.42. The third kappa shape index (κ3) is 25.3. The number of ether oxygens (including phenoxy) is 6. The van der Waals surface area contributed by atoms with E-state index in [0.29, 0.717) is 19.8 Å². The van der Waals surface area contributed by atoms with E-state index in [-0.39, 0.29) is 47.1 Å². The van der Waals surface area contributed by atoms with Gasteiger partial charge in [0.15, 0.2) is 0 Å². The summed E-state index contributed by atoms with van der Waals surface area (Å²) >= 11 is 0. The Balaban J connectivity index is 0.000000216. The summed E-state index contributed by atoms with van der Waals surface area (Å²) in [5.74, 6) is 0. The molecule has 0 heterocycles. The standard InChI is InChI=1S/C29H27FO2.C29H28O3.C11H12F4O4S.C10H13FO2.CH4/c2*30-28(22-31-21-24-13-5-1-6-14-24)23-32-29(25-15-7-2-8-16-25,26-17-9-3-10-18-26)27-19-11-4-12-20-27;12-10(8-19-20(16,17)11(13,14)15)7-18-6-9-4-2-1-3-5-9;11-10(6-12)8-13-7-9-4-2-1-3-5-9;/h1-20,28H,21-23H2;1-20,28,30H,21-23H2;1-5,10H,6-8H2;1-5,10,12H,6-8H2;1H4/t2*28-;2*10-;/m0101./s1. The molecular formula is C80H84F6O11S. The van der Waals surface area contributed by atoms with Crippen LogP contribution in [0, 0.1) is 0 Å². The van der Waals surface area contributed by atoms with Crippen LogP contribution in [0.15, 0.2) is 303 Å². The number of halogens is 6. The predicted molar refractivity (Wildman–Crippen MR) is 370 cm³/mol. The fourth-order valence-corrected chi connectivity index (χ4v) is 10.4. The van der Waals surface area contributed by atoms with E-state index in [9.17, 15) is 39.9 Å². The summed E-state index contributed by atoms with van der Waals surface area (Å²) in [5, 5.41) is 19.1. The number of hydrogen-bond donors (Lipinski definition) is 2. The van der Waals surface area contributed by atoms with Gasteiger partial charge < -0.3 is 38.6 Å². The van der Waals surface area contributed by atoms with Gasteiger partial charge in [-0.05, 0) is 55.6 Å². The van der Waals surface area contributed by atoms with Crippen LogP contribution in [0.4, 0.5) is 26.3 Å². The molecule has 0 unspecified atom stereocenters. The monoisotopic (exact) mass is 1370 g/mol. The van der Waals surface area contributed by atoms with E-state index < -0.39 is 71.3 Å². The normalized spacial score (nSPS) is 12.7. The maximum atomic E-state index is 14.9. The second-order valence-corrected chi connectivity index (χ2v) is 23.6. The number of benzene rings is 10. The van der Waals surface area contributed by atoms with Crippen LogP contribution >= 0.6 is 0 Å². The van der Waals surface area contributed by atoms with Crippen molar-refractivity contribution in [3.63, 3.8) is 0 Å². The van der Waals surface area contributed by atoms with Crippen molar-refractivity contribution in [2.45, 2.75) is 75.2 Å². The molecule has 0 amide bonds. The summed E-state index contributed by atoms with van der Waals surface area (Å²) in [7, 11) is -5.77. The summed E-state index contributed by atoms with van der Waals surface area (Å²) in [6, 6.07) is 98.4. The van der Waals surface area contributed by atoms with Crippen molar-refractivity contribution in [3.8, 4) is 0 Å². The first-order valence-electron chi connectivity index (χ1n) is 31.4. The molecule has 0 aliphatic carbocycles. The minimum Gasteiger partial charge on any atom is -0.393 e. The topological polar surface area (TPSA) is 139 Å². The molecule has 0 saturated heterocycles. The lowest BCUT2D eigenvalue weighted by atomic mass is 9.80. The second kappa shape index (κ2) is 42.2. The molecule has 0 aliphatic rings. The number of hydrogen-bond acceptors (Lipinski definition) is 11. The number of alkyl halides is 6. The molecule has 518 valence electrons. The third-order valence-corrected chi connectivity index (χ3v) is 15.6. The Labute approximate surface area is 571 Å². The van der Waals surface area contributed by atoms with Gasteiger partial charge in [-0.2, -0.15) is 21.6 Å². The minimum absolute atomic E-state index is 0. The average molecular weight is 1370 g/mol. The fraction of sp³-hybridized carbons (Fsp3) is 0.250.